The number of methoxy groups -OCH3 is 1. The SMILES string of the molecule is COC1CC(Oc2ccc(OC(=O)NN)cc2)CCN1C(C)=O. The van der Waals surface area contributed by atoms with E-state index in [1.807, 2.05) is 5.43 Å². The maximum absolute atomic E-state index is 11.5. The Hall–Kier alpha value is -2.32. The fraction of sp³-hybridized carbons (Fsp3) is 0.467. The Morgan fingerprint density at radius 1 is 1.26 bits per heavy atom. The summed E-state index contributed by atoms with van der Waals surface area (Å²) in [5.74, 6) is 5.96. The van der Waals surface area contributed by atoms with Gasteiger partial charge in [0.1, 0.15) is 23.8 Å². The maximum atomic E-state index is 11.5. The van der Waals surface area contributed by atoms with Crippen molar-refractivity contribution in [1.82, 2.24) is 10.3 Å². The minimum atomic E-state index is -0.738. The van der Waals surface area contributed by atoms with Crippen molar-refractivity contribution in [2.24, 2.45) is 5.84 Å². The number of amides is 2. The number of likely N-dealkylation sites (tertiary alicyclic amines) is 1. The van der Waals surface area contributed by atoms with Crippen LogP contribution in [0.25, 0.3) is 0 Å². The van der Waals surface area contributed by atoms with Gasteiger partial charge in [0, 0.05) is 33.4 Å². The summed E-state index contributed by atoms with van der Waals surface area (Å²) in [4.78, 5) is 24.2. The van der Waals surface area contributed by atoms with E-state index in [1.54, 1.807) is 36.3 Å². The molecule has 1 heterocycles. The normalized spacial score (nSPS) is 20.7. The summed E-state index contributed by atoms with van der Waals surface area (Å²) in [6, 6.07) is 6.64. The lowest BCUT2D eigenvalue weighted by Gasteiger charge is -2.37. The number of ether oxygens (including phenoxy) is 3. The fourth-order valence-corrected chi connectivity index (χ4v) is 2.50. The minimum Gasteiger partial charge on any atom is -0.490 e. The molecule has 3 N–H and O–H groups in total. The summed E-state index contributed by atoms with van der Waals surface area (Å²) in [6.45, 7) is 2.12. The highest BCUT2D eigenvalue weighted by Gasteiger charge is 2.31. The van der Waals surface area contributed by atoms with Gasteiger partial charge in [-0.3, -0.25) is 10.2 Å². The number of hydrogen-bond donors (Lipinski definition) is 2. The zero-order valence-corrected chi connectivity index (χ0v) is 13.2. The number of rotatable bonds is 4. The first-order chi connectivity index (χ1) is 11.0. The molecule has 1 aromatic carbocycles. The molecular formula is C15H21N3O5. The van der Waals surface area contributed by atoms with Gasteiger partial charge >= 0.3 is 6.09 Å². The fourth-order valence-electron chi connectivity index (χ4n) is 2.50. The van der Waals surface area contributed by atoms with Crippen molar-refractivity contribution < 1.29 is 23.8 Å². The molecule has 1 aliphatic heterocycles. The summed E-state index contributed by atoms with van der Waals surface area (Å²) in [7, 11) is 1.58. The Kier molecular flexibility index (Phi) is 5.78. The van der Waals surface area contributed by atoms with Gasteiger partial charge in [-0.1, -0.05) is 0 Å². The van der Waals surface area contributed by atoms with Gasteiger partial charge in [-0.15, -0.1) is 0 Å². The van der Waals surface area contributed by atoms with E-state index in [-0.39, 0.29) is 18.2 Å². The van der Waals surface area contributed by atoms with Gasteiger partial charge < -0.3 is 19.1 Å². The monoisotopic (exact) mass is 323 g/mol. The molecule has 1 aliphatic rings. The zero-order valence-electron chi connectivity index (χ0n) is 13.2. The standard InChI is InChI=1S/C15H21N3O5/c1-10(19)18-8-7-13(9-14(18)21-2)22-11-3-5-12(6-4-11)23-15(20)17-16/h3-6,13-14H,7-9,16H2,1-2H3,(H,17,20). The highest BCUT2D eigenvalue weighted by atomic mass is 16.6. The van der Waals surface area contributed by atoms with E-state index in [4.69, 9.17) is 20.1 Å². The van der Waals surface area contributed by atoms with Gasteiger partial charge in [-0.05, 0) is 24.3 Å². The van der Waals surface area contributed by atoms with Gasteiger partial charge in [0.2, 0.25) is 5.91 Å². The second-order valence-electron chi connectivity index (χ2n) is 5.17. The molecule has 8 heteroatoms. The van der Waals surface area contributed by atoms with Gasteiger partial charge in [0.05, 0.1) is 0 Å². The van der Waals surface area contributed by atoms with Crippen LogP contribution in [0.1, 0.15) is 19.8 Å². The van der Waals surface area contributed by atoms with Crippen molar-refractivity contribution in [3.63, 3.8) is 0 Å². The molecule has 0 aliphatic carbocycles. The van der Waals surface area contributed by atoms with Crippen LogP contribution in [-0.4, -0.2) is 42.9 Å². The predicted octanol–water partition coefficient (Wildman–Crippen LogP) is 1.01. The van der Waals surface area contributed by atoms with E-state index in [0.717, 1.165) is 6.42 Å². The number of hydrogen-bond acceptors (Lipinski definition) is 6. The maximum Gasteiger partial charge on any atom is 0.426 e. The molecule has 0 aromatic heterocycles. The third-order valence-electron chi connectivity index (χ3n) is 3.64. The molecule has 2 unspecified atom stereocenters. The number of nitrogens with one attached hydrogen (secondary N) is 1. The molecule has 0 radical (unpaired) electrons. The zero-order chi connectivity index (χ0) is 16.8. The van der Waals surface area contributed by atoms with Crippen LogP contribution in [0.2, 0.25) is 0 Å². The number of nitrogens with zero attached hydrogens (tertiary/aromatic N) is 1. The largest absolute Gasteiger partial charge is 0.490 e. The topological polar surface area (TPSA) is 103 Å². The van der Waals surface area contributed by atoms with E-state index in [0.29, 0.717) is 24.5 Å². The first-order valence-electron chi connectivity index (χ1n) is 7.28. The van der Waals surface area contributed by atoms with Crippen LogP contribution in [0.5, 0.6) is 11.5 Å². The number of benzene rings is 1. The molecular weight excluding hydrogens is 302 g/mol. The second kappa shape index (κ2) is 7.80. The first kappa shape index (κ1) is 17.0. The van der Waals surface area contributed by atoms with Crippen LogP contribution in [0.4, 0.5) is 4.79 Å². The van der Waals surface area contributed by atoms with Gasteiger partial charge in [-0.2, -0.15) is 0 Å². The number of carbonyl (C=O) groups is 2. The third-order valence-corrected chi connectivity index (χ3v) is 3.64. The lowest BCUT2D eigenvalue weighted by molar-refractivity contribution is -0.149. The molecule has 2 amide bonds. The van der Waals surface area contributed by atoms with Crippen LogP contribution < -0.4 is 20.7 Å². The molecule has 8 nitrogen and oxygen atoms in total. The van der Waals surface area contributed by atoms with E-state index < -0.39 is 6.09 Å². The predicted molar refractivity (Wildman–Crippen MR) is 81.6 cm³/mol. The van der Waals surface area contributed by atoms with Crippen LogP contribution in [0.15, 0.2) is 24.3 Å². The van der Waals surface area contributed by atoms with Crippen molar-refractivity contribution in [1.29, 1.82) is 0 Å². The minimum absolute atomic E-state index is 0.00465. The number of carbonyl (C=O) groups excluding carboxylic acids is 2. The van der Waals surface area contributed by atoms with Crippen molar-refractivity contribution in [3.8, 4) is 11.5 Å². The number of nitrogens with two attached hydrogens (primary N) is 1. The molecule has 2 atom stereocenters. The molecule has 1 aromatic rings. The van der Waals surface area contributed by atoms with Gasteiger partial charge in [0.25, 0.3) is 0 Å². The highest BCUT2D eigenvalue weighted by Crippen LogP contribution is 2.25. The molecule has 0 saturated carbocycles. The van der Waals surface area contributed by atoms with Crippen molar-refractivity contribution in [2.75, 3.05) is 13.7 Å². The highest BCUT2D eigenvalue weighted by molar-refractivity contribution is 5.73. The summed E-state index contributed by atoms with van der Waals surface area (Å²) in [5.41, 5.74) is 1.88. The molecule has 1 fully saturated rings. The molecule has 126 valence electrons. The quantitative estimate of drug-likeness (QED) is 0.487. The van der Waals surface area contributed by atoms with E-state index >= 15 is 0 Å². The van der Waals surface area contributed by atoms with Crippen LogP contribution in [-0.2, 0) is 9.53 Å². The summed E-state index contributed by atoms with van der Waals surface area (Å²) in [6.07, 6.45) is 0.270. The van der Waals surface area contributed by atoms with Crippen LogP contribution in [0.3, 0.4) is 0 Å². The van der Waals surface area contributed by atoms with Crippen LogP contribution in [0, 0.1) is 0 Å². The summed E-state index contributed by atoms with van der Waals surface area (Å²) >= 11 is 0. The Labute approximate surface area is 134 Å². The van der Waals surface area contributed by atoms with Crippen molar-refractivity contribution in [2.45, 2.75) is 32.1 Å². The Morgan fingerprint density at radius 3 is 2.48 bits per heavy atom. The average Bonchev–Trinajstić information content (AvgIpc) is 2.56. The average molecular weight is 323 g/mol. The van der Waals surface area contributed by atoms with Gasteiger partial charge in [-0.25, -0.2) is 10.6 Å². The third kappa shape index (κ3) is 4.57. The second-order valence-corrected chi connectivity index (χ2v) is 5.17. The van der Waals surface area contributed by atoms with Crippen LogP contribution >= 0.6 is 0 Å². The summed E-state index contributed by atoms with van der Waals surface area (Å²) < 4.78 is 16.1. The molecule has 2 rings (SSSR count). The number of hydrazine groups is 1. The lowest BCUT2D eigenvalue weighted by Crippen LogP contribution is -2.48. The smallest absolute Gasteiger partial charge is 0.426 e. The summed E-state index contributed by atoms with van der Waals surface area (Å²) in [5, 5.41) is 0. The van der Waals surface area contributed by atoms with Crippen molar-refractivity contribution >= 4 is 12.0 Å². The van der Waals surface area contributed by atoms with E-state index in [2.05, 4.69) is 0 Å². The lowest BCUT2D eigenvalue weighted by atomic mass is 10.1. The number of piperidine rings is 1. The Balaban J connectivity index is 1.92. The van der Waals surface area contributed by atoms with E-state index in [9.17, 15) is 9.59 Å². The van der Waals surface area contributed by atoms with E-state index in [1.165, 1.54) is 6.92 Å². The first-order valence-corrected chi connectivity index (χ1v) is 7.28. The Morgan fingerprint density at radius 2 is 1.91 bits per heavy atom. The molecule has 23 heavy (non-hydrogen) atoms. The molecule has 0 spiro atoms. The van der Waals surface area contributed by atoms with Crippen molar-refractivity contribution in [3.05, 3.63) is 24.3 Å². The molecule has 1 saturated heterocycles. The Bertz CT molecular complexity index is 549. The molecule has 0 bridgehead atoms. The van der Waals surface area contributed by atoms with Gasteiger partial charge in [0.15, 0.2) is 0 Å².